The van der Waals surface area contributed by atoms with Crippen LogP contribution < -0.4 is 10.2 Å². The van der Waals surface area contributed by atoms with E-state index in [0.717, 1.165) is 90.9 Å². The minimum atomic E-state index is 0.0708. The summed E-state index contributed by atoms with van der Waals surface area (Å²) in [6.45, 7) is 3.93. The summed E-state index contributed by atoms with van der Waals surface area (Å²) in [5.41, 5.74) is 6.41. The number of H-pyrrole nitrogens is 2. The molecule has 0 aromatic carbocycles. The van der Waals surface area contributed by atoms with Crippen molar-refractivity contribution in [3.8, 4) is 22.8 Å². The second kappa shape index (κ2) is 9.73. The van der Waals surface area contributed by atoms with Crippen LogP contribution in [0.5, 0.6) is 0 Å². The minimum absolute atomic E-state index is 0.0708. The van der Waals surface area contributed by atoms with Crippen LogP contribution in [0.25, 0.3) is 44.8 Å². The van der Waals surface area contributed by atoms with Gasteiger partial charge in [-0.3, -0.25) is 19.9 Å². The molecule has 3 N–H and O–H groups in total. The molecule has 7 rings (SSSR count). The number of imidazole rings is 1. The molecular weight excluding hydrogens is 492 g/mol. The van der Waals surface area contributed by atoms with Crippen molar-refractivity contribution in [3.63, 3.8) is 0 Å². The molecule has 198 valence electrons. The van der Waals surface area contributed by atoms with Gasteiger partial charge in [0.15, 0.2) is 11.5 Å². The van der Waals surface area contributed by atoms with Crippen molar-refractivity contribution in [1.29, 1.82) is 0 Å². The van der Waals surface area contributed by atoms with Gasteiger partial charge in [-0.2, -0.15) is 5.10 Å². The van der Waals surface area contributed by atoms with Crippen LogP contribution in [0.3, 0.4) is 0 Å². The van der Waals surface area contributed by atoms with Gasteiger partial charge in [-0.25, -0.2) is 9.97 Å². The fraction of sp³-hybridized carbons (Fsp3) is 0.357. The van der Waals surface area contributed by atoms with Crippen molar-refractivity contribution in [1.82, 2.24) is 40.0 Å². The van der Waals surface area contributed by atoms with Crippen molar-refractivity contribution >= 4 is 39.3 Å². The molecule has 11 heteroatoms. The first-order valence-electron chi connectivity index (χ1n) is 13.5. The lowest BCUT2D eigenvalue weighted by Crippen LogP contribution is -2.44. The Kier molecular flexibility index (Phi) is 5.92. The Hall–Kier alpha value is -4.38. The number of anilines is 2. The Morgan fingerprint density at radius 3 is 2.74 bits per heavy atom. The number of rotatable bonds is 5. The maximum atomic E-state index is 12.6. The van der Waals surface area contributed by atoms with Gasteiger partial charge in [0.05, 0.1) is 35.0 Å². The molecule has 0 unspecified atom stereocenters. The molecule has 39 heavy (non-hydrogen) atoms. The van der Waals surface area contributed by atoms with Crippen molar-refractivity contribution in [2.24, 2.45) is 5.92 Å². The third-order valence-corrected chi connectivity index (χ3v) is 7.91. The van der Waals surface area contributed by atoms with Gasteiger partial charge in [-0.15, -0.1) is 0 Å². The van der Waals surface area contributed by atoms with Crippen LogP contribution in [0.4, 0.5) is 11.4 Å². The van der Waals surface area contributed by atoms with E-state index in [9.17, 15) is 4.79 Å². The molecular formula is C28H30N10O. The van der Waals surface area contributed by atoms with Gasteiger partial charge in [0.2, 0.25) is 5.91 Å². The molecule has 0 spiro atoms. The smallest absolute Gasteiger partial charge is 0.227 e. The molecule has 6 heterocycles. The second-order valence-corrected chi connectivity index (χ2v) is 10.5. The summed E-state index contributed by atoms with van der Waals surface area (Å²) in [6.07, 6.45) is 11.2. The first kappa shape index (κ1) is 23.7. The molecule has 1 amide bonds. The molecule has 5 aromatic heterocycles. The zero-order valence-electron chi connectivity index (χ0n) is 21.8. The normalized spacial score (nSPS) is 16.9. The minimum Gasteiger partial charge on any atom is -0.367 e. The number of carbonyl (C=O) groups is 1. The highest BCUT2D eigenvalue weighted by atomic mass is 16.1. The maximum absolute atomic E-state index is 12.6. The number of hydrogen-bond donors (Lipinski definition) is 3. The number of pyridine rings is 3. The Balaban J connectivity index is 1.21. The molecule has 1 saturated carbocycles. The number of carbonyl (C=O) groups excluding carboxylic acids is 1. The lowest BCUT2D eigenvalue weighted by atomic mass is 10.1. The zero-order chi connectivity index (χ0) is 26.3. The van der Waals surface area contributed by atoms with Crippen LogP contribution >= 0.6 is 0 Å². The van der Waals surface area contributed by atoms with E-state index < -0.39 is 0 Å². The Morgan fingerprint density at radius 2 is 1.90 bits per heavy atom. The summed E-state index contributed by atoms with van der Waals surface area (Å²) in [4.78, 5) is 39.2. The van der Waals surface area contributed by atoms with E-state index in [1.165, 1.54) is 0 Å². The highest BCUT2D eigenvalue weighted by molar-refractivity contribution is 5.96. The van der Waals surface area contributed by atoms with Crippen molar-refractivity contribution < 1.29 is 4.79 Å². The fourth-order valence-corrected chi connectivity index (χ4v) is 5.65. The van der Waals surface area contributed by atoms with Crippen molar-refractivity contribution in [2.75, 3.05) is 43.4 Å². The highest BCUT2D eigenvalue weighted by Gasteiger charge is 2.23. The van der Waals surface area contributed by atoms with Crippen LogP contribution in [0.2, 0.25) is 0 Å². The topological polar surface area (TPSA) is 132 Å². The van der Waals surface area contributed by atoms with Gasteiger partial charge >= 0.3 is 0 Å². The van der Waals surface area contributed by atoms with Crippen LogP contribution in [0, 0.1) is 5.92 Å². The molecule has 11 nitrogen and oxygen atoms in total. The van der Waals surface area contributed by atoms with Gasteiger partial charge < -0.3 is 20.1 Å². The highest BCUT2D eigenvalue weighted by Crippen LogP contribution is 2.32. The van der Waals surface area contributed by atoms with E-state index in [1.54, 1.807) is 18.6 Å². The fourth-order valence-electron chi connectivity index (χ4n) is 5.65. The molecule has 0 radical (unpaired) electrons. The zero-order valence-corrected chi connectivity index (χ0v) is 21.8. The lowest BCUT2D eigenvalue weighted by Gasteiger charge is -2.33. The number of nitrogens with zero attached hydrogens (tertiary/aromatic N) is 7. The van der Waals surface area contributed by atoms with Gasteiger partial charge in [-0.05, 0) is 38.1 Å². The number of piperazine rings is 1. The van der Waals surface area contributed by atoms with E-state index in [4.69, 9.17) is 4.98 Å². The van der Waals surface area contributed by atoms with Crippen molar-refractivity contribution in [3.05, 3.63) is 43.0 Å². The average molecular weight is 523 g/mol. The molecule has 5 aromatic rings. The summed E-state index contributed by atoms with van der Waals surface area (Å²) in [7, 11) is 2.15. The largest absolute Gasteiger partial charge is 0.367 e. The predicted molar refractivity (Wildman–Crippen MR) is 150 cm³/mol. The molecule has 1 aliphatic heterocycles. The number of aromatic amines is 2. The number of amides is 1. The molecule has 2 aliphatic rings. The van der Waals surface area contributed by atoms with E-state index in [2.05, 4.69) is 52.3 Å². The summed E-state index contributed by atoms with van der Waals surface area (Å²) in [6, 6.07) is 5.94. The molecule has 0 bridgehead atoms. The number of aromatic nitrogens is 7. The van der Waals surface area contributed by atoms with Gasteiger partial charge in [0.25, 0.3) is 0 Å². The van der Waals surface area contributed by atoms with E-state index in [0.29, 0.717) is 17.2 Å². The van der Waals surface area contributed by atoms with E-state index >= 15 is 0 Å². The van der Waals surface area contributed by atoms with Crippen LogP contribution in [-0.2, 0) is 4.79 Å². The van der Waals surface area contributed by atoms with Crippen molar-refractivity contribution in [2.45, 2.75) is 25.7 Å². The second-order valence-electron chi connectivity index (χ2n) is 10.5. The first-order chi connectivity index (χ1) is 19.1. The average Bonchev–Trinajstić information content (AvgIpc) is 3.73. The Morgan fingerprint density at radius 1 is 1.05 bits per heavy atom. The van der Waals surface area contributed by atoms with Crippen LogP contribution in [-0.4, -0.2) is 79.2 Å². The Bertz CT molecular complexity index is 1660. The third kappa shape index (κ3) is 4.48. The maximum Gasteiger partial charge on any atom is 0.227 e. The molecule has 1 saturated heterocycles. The summed E-state index contributed by atoms with van der Waals surface area (Å²) < 4.78 is 0. The number of likely N-dealkylation sites (N-methyl/N-ethyl adjacent to an activating group) is 1. The van der Waals surface area contributed by atoms with E-state index in [1.807, 2.05) is 24.4 Å². The first-order valence-corrected chi connectivity index (χ1v) is 13.5. The monoisotopic (exact) mass is 522 g/mol. The van der Waals surface area contributed by atoms with E-state index in [-0.39, 0.29) is 11.8 Å². The quantitative estimate of drug-likeness (QED) is 0.317. The molecule has 1 aliphatic carbocycles. The lowest BCUT2D eigenvalue weighted by molar-refractivity contribution is -0.119. The third-order valence-electron chi connectivity index (χ3n) is 7.91. The number of nitrogens with one attached hydrogen (secondary N) is 3. The SMILES string of the molecule is CN1CCN(c2ccnc3[nH]c(-c4n[nH]c5cnc(-c6cncc(NC(=O)C7CCCC7)c6)cc45)nc23)CC1. The Labute approximate surface area is 225 Å². The summed E-state index contributed by atoms with van der Waals surface area (Å²) >= 11 is 0. The van der Waals surface area contributed by atoms with Gasteiger partial charge in [0, 0.05) is 55.4 Å². The van der Waals surface area contributed by atoms with Gasteiger partial charge in [0.1, 0.15) is 11.2 Å². The summed E-state index contributed by atoms with van der Waals surface area (Å²) in [5, 5.41) is 11.6. The van der Waals surface area contributed by atoms with Gasteiger partial charge in [-0.1, -0.05) is 12.8 Å². The molecule has 2 fully saturated rings. The predicted octanol–water partition coefficient (Wildman–Crippen LogP) is 3.84. The van der Waals surface area contributed by atoms with Crippen LogP contribution in [0.1, 0.15) is 25.7 Å². The summed E-state index contributed by atoms with van der Waals surface area (Å²) in [5.74, 6) is 0.811. The standard InChI is InChI=1S/C28H30N10O/c1-37-8-10-38(11-9-37)23-6-7-30-26-25(23)33-27(34-26)24-20-13-21(31-16-22(20)35-36-24)18-12-19(15-29-14-18)32-28(39)17-4-2-3-5-17/h6-7,12-17H,2-5,8-11H2,1H3,(H,32,39)(H,35,36)(H,30,33,34). The molecule has 0 atom stereocenters. The number of fused-ring (bicyclic) bond motifs is 2. The van der Waals surface area contributed by atoms with Crippen LogP contribution in [0.15, 0.2) is 43.0 Å². The number of hydrogen-bond acceptors (Lipinski definition) is 8.